The first-order chi connectivity index (χ1) is 11.2. The number of ether oxygens (including phenoxy) is 1. The lowest BCUT2D eigenvalue weighted by Gasteiger charge is -2.17. The molecule has 4 nitrogen and oxygen atoms in total. The number of rotatable bonds is 6. The average Bonchev–Trinajstić information content (AvgIpc) is 2.99. The first-order valence-electron chi connectivity index (χ1n) is 7.26. The number of aromatic nitrogens is 2. The molecule has 23 heavy (non-hydrogen) atoms. The fourth-order valence-corrected chi connectivity index (χ4v) is 2.84. The highest BCUT2D eigenvalue weighted by Crippen LogP contribution is 2.29. The lowest BCUT2D eigenvalue weighted by Crippen LogP contribution is -2.19. The fourth-order valence-electron chi connectivity index (χ4n) is 2.21. The van der Waals surface area contributed by atoms with Crippen molar-refractivity contribution in [2.24, 2.45) is 0 Å². The van der Waals surface area contributed by atoms with Gasteiger partial charge in [0.15, 0.2) is 0 Å². The smallest absolute Gasteiger partial charge is 0.138 e. The molecular formula is C17H16ClN3OS. The van der Waals surface area contributed by atoms with Crippen molar-refractivity contribution in [3.63, 3.8) is 0 Å². The molecule has 0 unspecified atom stereocenters. The molecule has 6 heteroatoms. The van der Waals surface area contributed by atoms with Crippen molar-refractivity contribution < 1.29 is 4.74 Å². The van der Waals surface area contributed by atoms with Gasteiger partial charge in [-0.05, 0) is 25.1 Å². The van der Waals surface area contributed by atoms with Crippen molar-refractivity contribution in [2.45, 2.75) is 19.5 Å². The molecule has 0 bridgehead atoms. The molecule has 1 heterocycles. The van der Waals surface area contributed by atoms with Crippen molar-refractivity contribution in [1.29, 1.82) is 0 Å². The number of para-hydroxylation sites is 2. The number of hydrogen-bond acceptors (Lipinski definition) is 5. The fraction of sp³-hybridized carbons (Fsp3) is 0.176. The highest BCUT2D eigenvalue weighted by Gasteiger charge is 2.13. The molecule has 1 N–H and O–H groups in total. The van der Waals surface area contributed by atoms with E-state index < -0.39 is 0 Å². The first kappa shape index (κ1) is 15.9. The molecule has 0 saturated heterocycles. The predicted octanol–water partition coefficient (Wildman–Crippen LogP) is 4.83. The van der Waals surface area contributed by atoms with Crippen molar-refractivity contribution in [2.75, 3.05) is 0 Å². The summed E-state index contributed by atoms with van der Waals surface area (Å²) in [5.41, 5.74) is 1.85. The van der Waals surface area contributed by atoms with Crippen LogP contribution in [0.1, 0.15) is 24.2 Å². The average molecular weight is 346 g/mol. The maximum atomic E-state index is 6.04. The van der Waals surface area contributed by atoms with Crippen molar-refractivity contribution >= 4 is 23.1 Å². The zero-order chi connectivity index (χ0) is 16.1. The van der Waals surface area contributed by atoms with Crippen LogP contribution in [0.2, 0.25) is 4.34 Å². The van der Waals surface area contributed by atoms with Crippen LogP contribution in [0.4, 0.5) is 0 Å². The highest BCUT2D eigenvalue weighted by atomic mass is 35.5. The Balaban J connectivity index is 1.73. The summed E-state index contributed by atoms with van der Waals surface area (Å²) < 4.78 is 10.5. The molecule has 0 radical (unpaired) electrons. The van der Waals surface area contributed by atoms with E-state index in [1.54, 1.807) is 0 Å². The van der Waals surface area contributed by atoms with Crippen LogP contribution in [0.25, 0.3) is 0 Å². The largest absolute Gasteiger partial charge is 0.457 e. The lowest BCUT2D eigenvalue weighted by atomic mass is 10.1. The number of nitrogens with zero attached hydrogens (tertiary/aromatic N) is 2. The van der Waals surface area contributed by atoms with Gasteiger partial charge in [-0.2, -0.15) is 0 Å². The normalized spacial score (nSPS) is 12.1. The summed E-state index contributed by atoms with van der Waals surface area (Å²) in [6.45, 7) is 2.65. The van der Waals surface area contributed by atoms with Gasteiger partial charge in [0.2, 0.25) is 0 Å². The molecule has 2 aromatic carbocycles. The molecule has 3 aromatic rings. The van der Waals surface area contributed by atoms with Gasteiger partial charge in [0.1, 0.15) is 21.5 Å². The minimum absolute atomic E-state index is 0.0904. The first-order valence-corrected chi connectivity index (χ1v) is 8.41. The van der Waals surface area contributed by atoms with Crippen molar-refractivity contribution in [1.82, 2.24) is 14.9 Å². The van der Waals surface area contributed by atoms with Gasteiger partial charge in [0.05, 0.1) is 0 Å². The molecule has 0 aliphatic carbocycles. The summed E-state index contributed by atoms with van der Waals surface area (Å²) in [4.78, 5) is 0. The Morgan fingerprint density at radius 1 is 1.13 bits per heavy atom. The molecule has 0 spiro atoms. The Labute approximate surface area is 144 Å². The van der Waals surface area contributed by atoms with E-state index in [2.05, 4.69) is 27.9 Å². The van der Waals surface area contributed by atoms with Crippen LogP contribution in [-0.4, -0.2) is 9.59 Å². The number of hydrogen-bond donors (Lipinski definition) is 1. The minimum Gasteiger partial charge on any atom is -0.457 e. The number of nitrogens with one attached hydrogen (secondary N) is 1. The Kier molecular flexibility index (Phi) is 5.23. The Hall–Kier alpha value is -1.95. The van der Waals surface area contributed by atoms with Crippen molar-refractivity contribution in [3.05, 3.63) is 70.2 Å². The van der Waals surface area contributed by atoms with E-state index >= 15 is 0 Å². The second kappa shape index (κ2) is 7.55. The molecule has 1 aromatic heterocycles. The summed E-state index contributed by atoms with van der Waals surface area (Å²) in [5.74, 6) is 1.65. The zero-order valence-corrected chi connectivity index (χ0v) is 14.1. The van der Waals surface area contributed by atoms with Gasteiger partial charge in [0.25, 0.3) is 0 Å². The Bertz CT molecular complexity index is 763. The molecule has 3 rings (SSSR count). The van der Waals surface area contributed by atoms with E-state index in [1.807, 2.05) is 48.5 Å². The van der Waals surface area contributed by atoms with E-state index in [-0.39, 0.29) is 6.04 Å². The van der Waals surface area contributed by atoms with Crippen LogP contribution >= 0.6 is 23.1 Å². The van der Waals surface area contributed by atoms with Gasteiger partial charge in [-0.25, -0.2) is 0 Å². The third-order valence-electron chi connectivity index (χ3n) is 3.44. The molecular weight excluding hydrogens is 330 g/mol. The van der Waals surface area contributed by atoms with Gasteiger partial charge < -0.3 is 10.1 Å². The quantitative estimate of drug-likeness (QED) is 0.694. The molecule has 0 aliphatic heterocycles. The predicted molar refractivity (Wildman–Crippen MR) is 93.1 cm³/mol. The van der Waals surface area contributed by atoms with Crippen LogP contribution in [0.3, 0.4) is 0 Å². The second-order valence-electron chi connectivity index (χ2n) is 5.05. The summed E-state index contributed by atoms with van der Waals surface area (Å²) in [6.07, 6.45) is 0. The van der Waals surface area contributed by atoms with Crippen LogP contribution in [-0.2, 0) is 6.54 Å². The second-order valence-corrected chi connectivity index (χ2v) is 6.41. The molecule has 0 fully saturated rings. The standard InChI is InChI=1S/C17H16ClN3OS/c1-12(19-11-15-17(18)23-21-20-15)14-9-5-6-10-16(14)22-13-7-3-2-4-8-13/h2-10,12,19H,11H2,1H3/t12-/m0/s1. The summed E-state index contributed by atoms with van der Waals surface area (Å²) in [5, 5.41) is 7.42. The number of halogens is 1. The monoisotopic (exact) mass is 345 g/mol. The van der Waals surface area contributed by atoms with E-state index in [4.69, 9.17) is 16.3 Å². The third kappa shape index (κ3) is 4.07. The Morgan fingerprint density at radius 3 is 2.61 bits per heavy atom. The summed E-state index contributed by atoms with van der Waals surface area (Å²) in [7, 11) is 0. The van der Waals surface area contributed by atoms with E-state index in [1.165, 1.54) is 11.5 Å². The van der Waals surface area contributed by atoms with Crippen molar-refractivity contribution in [3.8, 4) is 11.5 Å². The van der Waals surface area contributed by atoms with Gasteiger partial charge >= 0.3 is 0 Å². The topological polar surface area (TPSA) is 47.0 Å². The van der Waals surface area contributed by atoms with E-state index in [0.29, 0.717) is 10.9 Å². The van der Waals surface area contributed by atoms with Gasteiger partial charge in [-0.3, -0.25) is 0 Å². The van der Waals surface area contributed by atoms with Gasteiger partial charge in [-0.15, -0.1) is 5.10 Å². The van der Waals surface area contributed by atoms with Crippen LogP contribution < -0.4 is 10.1 Å². The van der Waals surface area contributed by atoms with Crippen LogP contribution in [0, 0.1) is 0 Å². The SMILES string of the molecule is C[C@H](NCc1nnsc1Cl)c1ccccc1Oc1ccccc1. The molecule has 1 atom stereocenters. The maximum Gasteiger partial charge on any atom is 0.138 e. The van der Waals surface area contributed by atoms with E-state index in [0.717, 1.165) is 22.8 Å². The third-order valence-corrected chi connectivity index (χ3v) is 4.43. The molecule has 0 aliphatic rings. The van der Waals surface area contributed by atoms with Crippen LogP contribution in [0.5, 0.6) is 11.5 Å². The molecule has 0 amide bonds. The number of benzene rings is 2. The zero-order valence-electron chi connectivity index (χ0n) is 12.6. The van der Waals surface area contributed by atoms with Crippen LogP contribution in [0.15, 0.2) is 54.6 Å². The minimum atomic E-state index is 0.0904. The van der Waals surface area contributed by atoms with Gasteiger partial charge in [0, 0.05) is 29.7 Å². The summed E-state index contributed by atoms with van der Waals surface area (Å²) >= 11 is 7.23. The van der Waals surface area contributed by atoms with E-state index in [9.17, 15) is 0 Å². The molecule has 0 saturated carbocycles. The maximum absolute atomic E-state index is 6.04. The van der Waals surface area contributed by atoms with Gasteiger partial charge in [-0.1, -0.05) is 52.5 Å². The lowest BCUT2D eigenvalue weighted by molar-refractivity contribution is 0.460. The summed E-state index contributed by atoms with van der Waals surface area (Å²) in [6, 6.07) is 17.8. The molecule has 118 valence electrons. The Morgan fingerprint density at radius 2 is 1.87 bits per heavy atom. The highest BCUT2D eigenvalue weighted by molar-refractivity contribution is 7.10.